The van der Waals surface area contributed by atoms with Crippen LogP contribution in [0.25, 0.3) is 0 Å². The largest absolute Gasteiger partial charge is 0.320 e. The van der Waals surface area contributed by atoms with E-state index in [2.05, 4.69) is 15.5 Å². The second-order valence-electron chi connectivity index (χ2n) is 4.47. The summed E-state index contributed by atoms with van der Waals surface area (Å²) >= 11 is 0. The van der Waals surface area contributed by atoms with Crippen molar-refractivity contribution in [1.29, 1.82) is 0 Å². The Kier molecular flexibility index (Phi) is 3.79. The number of nitro benzene ring substituents is 1. The molecule has 0 spiro atoms. The van der Waals surface area contributed by atoms with Crippen LogP contribution in [-0.4, -0.2) is 21.0 Å². The molecule has 0 atom stereocenters. The smallest absolute Gasteiger partial charge is 0.276 e. The Morgan fingerprint density at radius 1 is 1.29 bits per heavy atom. The van der Waals surface area contributed by atoms with Gasteiger partial charge in [0.1, 0.15) is 5.69 Å². The number of benzene rings is 1. The first-order valence-electron chi connectivity index (χ1n) is 6.01. The number of aromatic nitrogens is 2. The minimum Gasteiger partial charge on any atom is -0.320 e. The van der Waals surface area contributed by atoms with Crippen LogP contribution < -0.4 is 10.9 Å². The molecule has 1 heterocycles. The molecule has 0 saturated carbocycles. The Balaban J connectivity index is 2.33. The van der Waals surface area contributed by atoms with Gasteiger partial charge in [0.05, 0.1) is 10.6 Å². The topological polar surface area (TPSA) is 118 Å². The van der Waals surface area contributed by atoms with Gasteiger partial charge in [-0.2, -0.15) is 5.10 Å². The fraction of sp³-hybridized carbons (Fsp3) is 0.154. The summed E-state index contributed by atoms with van der Waals surface area (Å²) in [7, 11) is 0. The molecule has 1 amide bonds. The third-order valence-corrected chi connectivity index (χ3v) is 2.90. The summed E-state index contributed by atoms with van der Waals surface area (Å²) in [6.45, 7) is 3.35. The van der Waals surface area contributed by atoms with Gasteiger partial charge in [0.25, 0.3) is 17.2 Å². The van der Waals surface area contributed by atoms with Crippen molar-refractivity contribution in [3.63, 3.8) is 0 Å². The molecule has 0 aliphatic rings. The first-order chi connectivity index (χ1) is 9.88. The van der Waals surface area contributed by atoms with Crippen LogP contribution in [0.3, 0.4) is 0 Å². The van der Waals surface area contributed by atoms with Gasteiger partial charge in [0, 0.05) is 17.7 Å². The number of carbonyl (C=O) groups excluding carboxylic acids is 1. The maximum absolute atomic E-state index is 12.0. The molecular formula is C13H12N4O4. The van der Waals surface area contributed by atoms with E-state index in [4.69, 9.17) is 0 Å². The summed E-state index contributed by atoms with van der Waals surface area (Å²) in [5, 5.41) is 19.2. The Morgan fingerprint density at radius 2 is 2.00 bits per heavy atom. The number of amides is 1. The molecule has 0 aliphatic carbocycles. The number of nitrogens with zero attached hydrogens (tertiary/aromatic N) is 2. The maximum Gasteiger partial charge on any atom is 0.276 e. The zero-order chi connectivity index (χ0) is 15.6. The van der Waals surface area contributed by atoms with Crippen molar-refractivity contribution in [1.82, 2.24) is 10.2 Å². The molecule has 1 aromatic heterocycles. The lowest BCUT2D eigenvalue weighted by atomic mass is 10.1. The van der Waals surface area contributed by atoms with Crippen LogP contribution in [0.4, 0.5) is 11.4 Å². The van der Waals surface area contributed by atoms with Gasteiger partial charge in [0.2, 0.25) is 0 Å². The monoisotopic (exact) mass is 288 g/mol. The van der Waals surface area contributed by atoms with E-state index in [0.717, 1.165) is 0 Å². The number of H-pyrrole nitrogens is 1. The molecule has 8 nitrogen and oxygen atoms in total. The number of hydrogen-bond acceptors (Lipinski definition) is 5. The van der Waals surface area contributed by atoms with Crippen LogP contribution in [0.5, 0.6) is 0 Å². The molecule has 0 radical (unpaired) electrons. The number of nitrogens with one attached hydrogen (secondary N) is 2. The van der Waals surface area contributed by atoms with E-state index in [1.165, 1.54) is 18.2 Å². The Bertz CT molecular complexity index is 762. The van der Waals surface area contributed by atoms with Crippen LogP contribution in [0, 0.1) is 24.0 Å². The zero-order valence-electron chi connectivity index (χ0n) is 11.3. The summed E-state index contributed by atoms with van der Waals surface area (Å²) in [5.41, 5.74) is 1.04. The molecule has 2 aromatic rings. The van der Waals surface area contributed by atoms with Crippen molar-refractivity contribution in [2.45, 2.75) is 13.8 Å². The van der Waals surface area contributed by atoms with Gasteiger partial charge in [-0.1, -0.05) is 0 Å². The highest BCUT2D eigenvalue weighted by molar-refractivity contribution is 6.03. The molecule has 108 valence electrons. The molecule has 2 N–H and O–H groups in total. The average Bonchev–Trinajstić information content (AvgIpc) is 2.42. The van der Waals surface area contributed by atoms with Crippen molar-refractivity contribution in [2.75, 3.05) is 5.32 Å². The minimum atomic E-state index is -0.562. The van der Waals surface area contributed by atoms with E-state index in [9.17, 15) is 19.7 Å². The predicted molar refractivity (Wildman–Crippen MR) is 75.4 cm³/mol. The average molecular weight is 288 g/mol. The van der Waals surface area contributed by atoms with Crippen molar-refractivity contribution >= 4 is 17.3 Å². The lowest BCUT2D eigenvalue weighted by Gasteiger charge is -2.09. The molecule has 0 saturated heterocycles. The van der Waals surface area contributed by atoms with Crippen molar-refractivity contribution < 1.29 is 9.72 Å². The summed E-state index contributed by atoms with van der Waals surface area (Å²) in [5.74, 6) is -0.562. The van der Waals surface area contributed by atoms with E-state index < -0.39 is 16.4 Å². The Hall–Kier alpha value is -3.03. The lowest BCUT2D eigenvalue weighted by Crippen LogP contribution is -2.18. The molecule has 8 heteroatoms. The quantitative estimate of drug-likeness (QED) is 0.656. The van der Waals surface area contributed by atoms with Gasteiger partial charge in [0.15, 0.2) is 0 Å². The van der Waals surface area contributed by atoms with E-state index in [-0.39, 0.29) is 11.4 Å². The normalized spacial score (nSPS) is 10.2. The van der Waals surface area contributed by atoms with Gasteiger partial charge >= 0.3 is 0 Å². The highest BCUT2D eigenvalue weighted by Crippen LogP contribution is 2.26. The van der Waals surface area contributed by atoms with E-state index in [0.29, 0.717) is 16.8 Å². The minimum absolute atomic E-state index is 0.0113. The lowest BCUT2D eigenvalue weighted by molar-refractivity contribution is -0.385. The molecule has 0 aliphatic heterocycles. The molecule has 0 fully saturated rings. The van der Waals surface area contributed by atoms with Crippen LogP contribution in [0.15, 0.2) is 29.1 Å². The SMILES string of the molecule is Cc1cc(C)c([N+](=O)[O-])cc1NC(=O)c1ccc(=O)[nH]n1. The standard InChI is InChI=1S/C13H12N4O4/c1-7-5-8(2)11(17(20)21)6-10(7)14-13(19)9-3-4-12(18)16-15-9/h3-6H,1-2H3,(H,14,19)(H,16,18). The summed E-state index contributed by atoms with van der Waals surface area (Å²) in [4.78, 5) is 33.3. The first kappa shape index (κ1) is 14.4. The molecule has 21 heavy (non-hydrogen) atoms. The number of anilines is 1. The maximum atomic E-state index is 12.0. The fourth-order valence-corrected chi connectivity index (χ4v) is 1.83. The van der Waals surface area contributed by atoms with Crippen molar-refractivity contribution in [2.24, 2.45) is 0 Å². The number of carbonyl (C=O) groups is 1. The molecule has 1 aromatic carbocycles. The molecular weight excluding hydrogens is 276 g/mol. The highest BCUT2D eigenvalue weighted by atomic mass is 16.6. The third kappa shape index (κ3) is 3.11. The molecule has 2 rings (SSSR count). The van der Waals surface area contributed by atoms with Crippen molar-refractivity contribution in [3.05, 3.63) is 61.6 Å². The van der Waals surface area contributed by atoms with E-state index in [1.54, 1.807) is 19.9 Å². The van der Waals surface area contributed by atoms with Crippen molar-refractivity contribution in [3.8, 4) is 0 Å². The highest BCUT2D eigenvalue weighted by Gasteiger charge is 2.16. The first-order valence-corrected chi connectivity index (χ1v) is 6.01. The van der Waals surface area contributed by atoms with Gasteiger partial charge in [-0.25, -0.2) is 5.10 Å². The Morgan fingerprint density at radius 3 is 2.57 bits per heavy atom. The number of hydrogen-bond donors (Lipinski definition) is 2. The summed E-state index contributed by atoms with van der Waals surface area (Å²) < 4.78 is 0. The summed E-state index contributed by atoms with van der Waals surface area (Å²) in [6, 6.07) is 5.36. The number of rotatable bonds is 3. The van der Waals surface area contributed by atoms with Crippen LogP contribution >= 0.6 is 0 Å². The number of nitro groups is 1. The van der Waals surface area contributed by atoms with Crippen LogP contribution in [0.2, 0.25) is 0 Å². The summed E-state index contributed by atoms with van der Waals surface area (Å²) in [6.07, 6.45) is 0. The Labute approximate surface area is 119 Å². The van der Waals surface area contributed by atoms with Gasteiger partial charge in [-0.15, -0.1) is 0 Å². The molecule has 0 unspecified atom stereocenters. The van der Waals surface area contributed by atoms with Crippen LogP contribution in [0.1, 0.15) is 21.6 Å². The second kappa shape index (κ2) is 5.53. The van der Waals surface area contributed by atoms with Gasteiger partial charge in [-0.05, 0) is 31.5 Å². The van der Waals surface area contributed by atoms with E-state index in [1.807, 2.05) is 0 Å². The van der Waals surface area contributed by atoms with E-state index >= 15 is 0 Å². The zero-order valence-corrected chi connectivity index (χ0v) is 11.3. The number of aromatic amines is 1. The second-order valence-corrected chi connectivity index (χ2v) is 4.47. The predicted octanol–water partition coefficient (Wildman–Crippen LogP) is 1.55. The number of aryl methyl sites for hydroxylation is 2. The molecule has 0 bridgehead atoms. The fourth-order valence-electron chi connectivity index (χ4n) is 1.83. The van der Waals surface area contributed by atoms with Gasteiger partial charge in [-0.3, -0.25) is 19.7 Å². The van der Waals surface area contributed by atoms with Crippen LogP contribution in [-0.2, 0) is 0 Å². The van der Waals surface area contributed by atoms with Gasteiger partial charge < -0.3 is 5.32 Å². The third-order valence-electron chi connectivity index (χ3n) is 2.90.